The zero-order valence-electron chi connectivity index (χ0n) is 13.6. The van der Waals surface area contributed by atoms with Crippen molar-refractivity contribution in [2.45, 2.75) is 19.2 Å². The predicted molar refractivity (Wildman–Crippen MR) is 110 cm³/mol. The van der Waals surface area contributed by atoms with E-state index in [1.54, 1.807) is 18.3 Å². The number of nitrogens with zero attached hydrogens (tertiary/aromatic N) is 1. The number of aromatic nitrogens is 1. The Balaban J connectivity index is 0.00000225. The number of carbonyl (C=O) groups is 1. The minimum absolute atomic E-state index is 0. The molecule has 3 nitrogen and oxygen atoms in total. The molecule has 1 amide bonds. The molecule has 1 heterocycles. The Morgan fingerprint density at radius 3 is 2.56 bits per heavy atom. The second kappa shape index (κ2) is 8.65. The van der Waals surface area contributed by atoms with E-state index in [1.807, 2.05) is 30.3 Å². The van der Waals surface area contributed by atoms with Gasteiger partial charge in [-0.1, -0.05) is 28.9 Å². The minimum Gasteiger partial charge on any atom is -0.322 e. The fourth-order valence-electron chi connectivity index (χ4n) is 2.65. The van der Waals surface area contributed by atoms with Crippen LogP contribution in [0.4, 0.5) is 5.69 Å². The average Bonchev–Trinajstić information content (AvgIpc) is 2.61. The van der Waals surface area contributed by atoms with Gasteiger partial charge in [0, 0.05) is 38.8 Å². The maximum atomic E-state index is 12.5. The number of hydrogen-bond acceptors (Lipinski definition) is 2. The van der Waals surface area contributed by atoms with Crippen LogP contribution in [-0.2, 0) is 12.3 Å². The molecule has 1 aromatic heterocycles. The van der Waals surface area contributed by atoms with Crippen molar-refractivity contribution in [3.05, 3.63) is 69.8 Å². The largest absolute Gasteiger partial charge is 0.322 e. The van der Waals surface area contributed by atoms with E-state index >= 15 is 0 Å². The number of rotatable bonds is 4. The molecule has 6 heteroatoms. The monoisotopic (exact) mass is 438 g/mol. The second-order valence-electron chi connectivity index (χ2n) is 5.46. The average molecular weight is 440 g/mol. The SMILES string of the molecule is CCc1c(NC(=O)c2ccc(Br)cc2)ccc2cc(CCl)cnc12.Cl. The van der Waals surface area contributed by atoms with Gasteiger partial charge >= 0.3 is 0 Å². The van der Waals surface area contributed by atoms with Crippen molar-refractivity contribution in [2.24, 2.45) is 0 Å². The summed E-state index contributed by atoms with van der Waals surface area (Å²) in [7, 11) is 0. The van der Waals surface area contributed by atoms with Crippen LogP contribution in [0.5, 0.6) is 0 Å². The summed E-state index contributed by atoms with van der Waals surface area (Å²) in [5.41, 5.74) is 4.33. The van der Waals surface area contributed by atoms with Gasteiger partial charge in [-0.2, -0.15) is 0 Å². The third-order valence-electron chi connectivity index (χ3n) is 3.88. The third kappa shape index (κ3) is 4.32. The fourth-order valence-corrected chi connectivity index (χ4v) is 3.06. The second-order valence-corrected chi connectivity index (χ2v) is 6.64. The number of fused-ring (bicyclic) bond motifs is 1. The highest BCUT2D eigenvalue weighted by Gasteiger charge is 2.12. The van der Waals surface area contributed by atoms with E-state index in [-0.39, 0.29) is 18.3 Å². The lowest BCUT2D eigenvalue weighted by molar-refractivity contribution is 0.102. The first-order valence-electron chi connectivity index (χ1n) is 7.65. The van der Waals surface area contributed by atoms with Crippen molar-refractivity contribution in [1.82, 2.24) is 4.98 Å². The van der Waals surface area contributed by atoms with Crippen LogP contribution in [0.25, 0.3) is 10.9 Å². The standard InChI is InChI=1S/C19H16BrClN2O.ClH/c1-2-16-17(23-19(24)13-3-6-15(20)7-4-13)8-5-14-9-12(10-21)11-22-18(14)16;/h3-9,11H,2,10H2,1H3,(H,23,24);1H. The Hall–Kier alpha value is -1.62. The predicted octanol–water partition coefficient (Wildman–Crippen LogP) is 5.97. The van der Waals surface area contributed by atoms with Crippen LogP contribution in [0.2, 0.25) is 0 Å². The summed E-state index contributed by atoms with van der Waals surface area (Å²) in [6.07, 6.45) is 2.56. The quantitative estimate of drug-likeness (QED) is 0.508. The molecule has 0 aliphatic rings. The van der Waals surface area contributed by atoms with Gasteiger partial charge in [-0.05, 0) is 48.4 Å². The van der Waals surface area contributed by atoms with E-state index in [1.165, 1.54) is 0 Å². The minimum atomic E-state index is -0.131. The number of carbonyl (C=O) groups excluding carboxylic acids is 1. The lowest BCUT2D eigenvalue weighted by atomic mass is 10.0. The Morgan fingerprint density at radius 2 is 1.92 bits per heavy atom. The number of anilines is 1. The van der Waals surface area contributed by atoms with Gasteiger partial charge in [-0.25, -0.2) is 0 Å². The van der Waals surface area contributed by atoms with Crippen molar-refractivity contribution in [2.75, 3.05) is 5.32 Å². The van der Waals surface area contributed by atoms with Gasteiger partial charge in [0.2, 0.25) is 0 Å². The first kappa shape index (κ1) is 19.7. The van der Waals surface area contributed by atoms with Crippen LogP contribution in [0, 0.1) is 0 Å². The van der Waals surface area contributed by atoms with E-state index < -0.39 is 0 Å². The number of nitrogens with one attached hydrogen (secondary N) is 1. The van der Waals surface area contributed by atoms with Crippen LogP contribution in [0.15, 0.2) is 53.1 Å². The lowest BCUT2D eigenvalue weighted by Gasteiger charge is -2.13. The summed E-state index contributed by atoms with van der Waals surface area (Å²) in [5, 5.41) is 4.03. The summed E-state index contributed by atoms with van der Waals surface area (Å²) < 4.78 is 0.943. The molecule has 0 saturated carbocycles. The van der Waals surface area contributed by atoms with Gasteiger partial charge in [0.05, 0.1) is 5.52 Å². The number of halogens is 3. The Labute approximate surface area is 166 Å². The lowest BCUT2D eigenvalue weighted by Crippen LogP contribution is -2.13. The van der Waals surface area contributed by atoms with Crippen molar-refractivity contribution >= 4 is 62.4 Å². The molecule has 0 spiro atoms. The fraction of sp³-hybridized carbons (Fsp3) is 0.158. The number of aryl methyl sites for hydroxylation is 1. The number of amides is 1. The summed E-state index contributed by atoms with van der Waals surface area (Å²) >= 11 is 9.25. The van der Waals surface area contributed by atoms with Gasteiger partial charge in [0.25, 0.3) is 5.91 Å². The highest BCUT2D eigenvalue weighted by atomic mass is 79.9. The molecule has 0 fully saturated rings. The summed E-state index contributed by atoms with van der Waals surface area (Å²) in [5.74, 6) is 0.306. The molecule has 0 atom stereocenters. The van der Waals surface area contributed by atoms with E-state index in [0.717, 1.165) is 38.6 Å². The van der Waals surface area contributed by atoms with Gasteiger partial charge < -0.3 is 5.32 Å². The zero-order valence-corrected chi connectivity index (χ0v) is 16.7. The summed E-state index contributed by atoms with van der Waals surface area (Å²) in [6.45, 7) is 2.06. The smallest absolute Gasteiger partial charge is 0.255 e. The van der Waals surface area contributed by atoms with E-state index in [4.69, 9.17) is 11.6 Å². The number of benzene rings is 2. The molecule has 1 N–H and O–H groups in total. The molecule has 0 saturated heterocycles. The highest BCUT2D eigenvalue weighted by molar-refractivity contribution is 9.10. The summed E-state index contributed by atoms with van der Waals surface area (Å²) in [4.78, 5) is 17.0. The van der Waals surface area contributed by atoms with Crippen LogP contribution in [-0.4, -0.2) is 10.9 Å². The van der Waals surface area contributed by atoms with Gasteiger partial charge in [0.15, 0.2) is 0 Å². The third-order valence-corrected chi connectivity index (χ3v) is 4.71. The first-order chi connectivity index (χ1) is 11.6. The molecule has 0 aliphatic heterocycles. The van der Waals surface area contributed by atoms with E-state index in [0.29, 0.717) is 11.4 Å². The van der Waals surface area contributed by atoms with E-state index in [2.05, 4.69) is 33.2 Å². The summed E-state index contributed by atoms with van der Waals surface area (Å²) in [6, 6.07) is 13.2. The zero-order chi connectivity index (χ0) is 17.1. The van der Waals surface area contributed by atoms with Gasteiger partial charge in [0.1, 0.15) is 0 Å². The number of hydrogen-bond donors (Lipinski definition) is 1. The molecule has 2 aromatic carbocycles. The number of alkyl halides is 1. The molecule has 130 valence electrons. The molecular formula is C19H17BrCl2N2O. The molecule has 25 heavy (non-hydrogen) atoms. The van der Waals surface area contributed by atoms with Crippen LogP contribution >= 0.6 is 39.9 Å². The van der Waals surface area contributed by atoms with Gasteiger partial charge in [-0.3, -0.25) is 9.78 Å². The van der Waals surface area contributed by atoms with E-state index in [9.17, 15) is 4.79 Å². The maximum Gasteiger partial charge on any atom is 0.255 e. The van der Waals surface area contributed by atoms with Crippen molar-refractivity contribution in [3.63, 3.8) is 0 Å². The maximum absolute atomic E-state index is 12.5. The first-order valence-corrected chi connectivity index (χ1v) is 8.98. The Bertz CT molecular complexity index is 898. The normalized spacial score (nSPS) is 10.4. The van der Waals surface area contributed by atoms with Crippen LogP contribution in [0.1, 0.15) is 28.4 Å². The van der Waals surface area contributed by atoms with Crippen molar-refractivity contribution in [1.29, 1.82) is 0 Å². The van der Waals surface area contributed by atoms with Crippen LogP contribution < -0.4 is 5.32 Å². The Morgan fingerprint density at radius 1 is 1.20 bits per heavy atom. The molecule has 3 aromatic rings. The van der Waals surface area contributed by atoms with Crippen LogP contribution in [0.3, 0.4) is 0 Å². The highest BCUT2D eigenvalue weighted by Crippen LogP contribution is 2.27. The number of pyridine rings is 1. The van der Waals surface area contributed by atoms with Crippen molar-refractivity contribution in [3.8, 4) is 0 Å². The molecule has 0 unspecified atom stereocenters. The molecule has 0 bridgehead atoms. The Kier molecular flexibility index (Phi) is 6.82. The van der Waals surface area contributed by atoms with Gasteiger partial charge in [-0.15, -0.1) is 24.0 Å². The topological polar surface area (TPSA) is 42.0 Å². The van der Waals surface area contributed by atoms with Crippen molar-refractivity contribution < 1.29 is 4.79 Å². The molecular weight excluding hydrogens is 423 g/mol. The molecule has 0 aliphatic carbocycles. The molecule has 3 rings (SSSR count). The molecule has 0 radical (unpaired) electrons.